The second kappa shape index (κ2) is 4.85. The van der Waals surface area contributed by atoms with E-state index in [1.807, 2.05) is 24.3 Å². The van der Waals surface area contributed by atoms with Gasteiger partial charge in [-0.2, -0.15) is 0 Å². The molecule has 1 aromatic rings. The third-order valence-electron chi connectivity index (χ3n) is 2.44. The number of ether oxygens (including phenoxy) is 1. The summed E-state index contributed by atoms with van der Waals surface area (Å²) in [6.07, 6.45) is 9.41. The fourth-order valence-electron chi connectivity index (χ4n) is 1.68. The molecule has 2 rings (SSSR count). The molecule has 1 heteroatoms. The molecule has 0 saturated carbocycles. The van der Waals surface area contributed by atoms with E-state index in [2.05, 4.69) is 18.2 Å². The molecular formula is C13H15O. The van der Waals surface area contributed by atoms with Gasteiger partial charge in [-0.05, 0) is 25.3 Å². The Morgan fingerprint density at radius 2 is 2.29 bits per heavy atom. The standard InChI is InChI=1S/C13H15O/c1-2-5-9-12(8-4-1)14-13-10-6-3-7-11-13/h1,3-4,6-7,10,12H,2,5,8-9H2. The van der Waals surface area contributed by atoms with E-state index in [9.17, 15) is 0 Å². The maximum Gasteiger partial charge on any atom is 0.127 e. The molecule has 14 heavy (non-hydrogen) atoms. The maximum atomic E-state index is 5.83. The molecule has 0 spiro atoms. The van der Waals surface area contributed by atoms with Crippen LogP contribution in [0.3, 0.4) is 0 Å². The fourth-order valence-corrected chi connectivity index (χ4v) is 1.68. The lowest BCUT2D eigenvalue weighted by Gasteiger charge is -2.15. The van der Waals surface area contributed by atoms with E-state index >= 15 is 0 Å². The van der Waals surface area contributed by atoms with Crippen LogP contribution in [0.25, 0.3) is 0 Å². The van der Waals surface area contributed by atoms with E-state index in [-0.39, 0.29) is 0 Å². The van der Waals surface area contributed by atoms with E-state index in [0.717, 1.165) is 18.6 Å². The first kappa shape index (κ1) is 9.32. The van der Waals surface area contributed by atoms with E-state index in [4.69, 9.17) is 4.74 Å². The minimum Gasteiger partial charge on any atom is -0.489 e. The number of allylic oxidation sites excluding steroid dienone is 1. The SMILES string of the molecule is [c]1ccccc1OC1CC=CCCC1. The van der Waals surface area contributed by atoms with Crippen molar-refractivity contribution in [1.82, 2.24) is 0 Å². The van der Waals surface area contributed by atoms with Crippen molar-refractivity contribution in [1.29, 1.82) is 0 Å². The van der Waals surface area contributed by atoms with Crippen LogP contribution < -0.4 is 4.74 Å². The van der Waals surface area contributed by atoms with Gasteiger partial charge in [-0.1, -0.05) is 30.4 Å². The second-order valence-electron chi connectivity index (χ2n) is 3.60. The van der Waals surface area contributed by atoms with Crippen molar-refractivity contribution >= 4 is 0 Å². The normalized spacial score (nSPS) is 21.6. The molecule has 1 nitrogen and oxygen atoms in total. The van der Waals surface area contributed by atoms with Gasteiger partial charge in [0.25, 0.3) is 0 Å². The molecule has 0 aromatic heterocycles. The molecule has 0 fully saturated rings. The van der Waals surface area contributed by atoms with Gasteiger partial charge in [0.2, 0.25) is 0 Å². The van der Waals surface area contributed by atoms with Crippen molar-refractivity contribution in [2.45, 2.75) is 31.8 Å². The van der Waals surface area contributed by atoms with Crippen LogP contribution in [0, 0.1) is 6.07 Å². The molecule has 1 aliphatic carbocycles. The molecule has 1 radical (unpaired) electrons. The monoisotopic (exact) mass is 187 g/mol. The fraction of sp³-hybridized carbons (Fsp3) is 0.385. The molecule has 1 aromatic carbocycles. The largest absolute Gasteiger partial charge is 0.489 e. The van der Waals surface area contributed by atoms with Crippen LogP contribution in [0.15, 0.2) is 36.4 Å². The lowest BCUT2D eigenvalue weighted by atomic mass is 10.1. The van der Waals surface area contributed by atoms with Gasteiger partial charge in [-0.25, -0.2) is 0 Å². The van der Waals surface area contributed by atoms with Crippen LogP contribution in [0.2, 0.25) is 0 Å². The summed E-state index contributed by atoms with van der Waals surface area (Å²) in [5.41, 5.74) is 0. The van der Waals surface area contributed by atoms with E-state index in [1.165, 1.54) is 12.8 Å². The highest BCUT2D eigenvalue weighted by molar-refractivity contribution is 5.19. The number of para-hydroxylation sites is 1. The molecule has 1 atom stereocenters. The van der Waals surface area contributed by atoms with Gasteiger partial charge in [-0.3, -0.25) is 0 Å². The first-order valence-electron chi connectivity index (χ1n) is 5.23. The Hall–Kier alpha value is -1.24. The van der Waals surface area contributed by atoms with Gasteiger partial charge in [0.15, 0.2) is 0 Å². The Morgan fingerprint density at radius 3 is 3.14 bits per heavy atom. The predicted molar refractivity (Wildman–Crippen MR) is 57.3 cm³/mol. The summed E-state index contributed by atoms with van der Waals surface area (Å²) >= 11 is 0. The van der Waals surface area contributed by atoms with Crippen LogP contribution in [0.4, 0.5) is 0 Å². The summed E-state index contributed by atoms with van der Waals surface area (Å²) < 4.78 is 5.83. The molecule has 0 amide bonds. The number of hydrogen-bond acceptors (Lipinski definition) is 1. The van der Waals surface area contributed by atoms with Crippen molar-refractivity contribution in [3.63, 3.8) is 0 Å². The van der Waals surface area contributed by atoms with Gasteiger partial charge in [-0.15, -0.1) is 0 Å². The number of benzene rings is 1. The van der Waals surface area contributed by atoms with Gasteiger partial charge in [0, 0.05) is 12.5 Å². The number of hydrogen-bond donors (Lipinski definition) is 0. The molecule has 0 heterocycles. The minimum atomic E-state index is 0.340. The van der Waals surface area contributed by atoms with Crippen molar-refractivity contribution in [2.75, 3.05) is 0 Å². The van der Waals surface area contributed by atoms with Crippen LogP contribution in [-0.2, 0) is 0 Å². The lowest BCUT2D eigenvalue weighted by Crippen LogP contribution is -2.14. The Bertz CT molecular complexity index is 289. The first-order valence-corrected chi connectivity index (χ1v) is 5.23. The maximum absolute atomic E-state index is 5.83. The van der Waals surface area contributed by atoms with Crippen LogP contribution in [0.5, 0.6) is 5.75 Å². The quantitative estimate of drug-likeness (QED) is 0.645. The average Bonchev–Trinajstić information content (AvgIpc) is 2.48. The summed E-state index contributed by atoms with van der Waals surface area (Å²) in [5, 5.41) is 0. The van der Waals surface area contributed by atoms with Gasteiger partial charge >= 0.3 is 0 Å². The predicted octanol–water partition coefficient (Wildman–Crippen LogP) is 3.36. The smallest absolute Gasteiger partial charge is 0.127 e. The highest BCUT2D eigenvalue weighted by atomic mass is 16.5. The molecule has 0 bridgehead atoms. The topological polar surface area (TPSA) is 9.23 Å². The van der Waals surface area contributed by atoms with Gasteiger partial charge in [0.1, 0.15) is 11.9 Å². The third kappa shape index (κ3) is 2.63. The average molecular weight is 187 g/mol. The van der Waals surface area contributed by atoms with Crippen molar-refractivity contribution in [3.8, 4) is 5.75 Å². The first-order chi connectivity index (χ1) is 6.95. The molecule has 0 N–H and O–H groups in total. The Labute approximate surface area is 85.4 Å². The zero-order chi connectivity index (χ0) is 9.64. The molecule has 1 aliphatic rings. The van der Waals surface area contributed by atoms with E-state index in [1.54, 1.807) is 0 Å². The second-order valence-corrected chi connectivity index (χ2v) is 3.60. The van der Waals surface area contributed by atoms with Crippen molar-refractivity contribution in [2.24, 2.45) is 0 Å². The molecule has 73 valence electrons. The summed E-state index contributed by atoms with van der Waals surface area (Å²) in [6, 6.07) is 10.9. The van der Waals surface area contributed by atoms with Gasteiger partial charge < -0.3 is 4.74 Å². The molecular weight excluding hydrogens is 172 g/mol. The molecule has 1 unspecified atom stereocenters. The Kier molecular flexibility index (Phi) is 3.23. The lowest BCUT2D eigenvalue weighted by molar-refractivity contribution is 0.193. The zero-order valence-electron chi connectivity index (χ0n) is 8.28. The van der Waals surface area contributed by atoms with E-state index in [0.29, 0.717) is 6.10 Å². The van der Waals surface area contributed by atoms with Crippen molar-refractivity contribution < 1.29 is 4.74 Å². The highest BCUT2D eigenvalue weighted by Gasteiger charge is 2.10. The Morgan fingerprint density at radius 1 is 1.29 bits per heavy atom. The van der Waals surface area contributed by atoms with Crippen LogP contribution in [-0.4, -0.2) is 6.10 Å². The third-order valence-corrected chi connectivity index (χ3v) is 2.44. The van der Waals surface area contributed by atoms with Crippen LogP contribution >= 0.6 is 0 Å². The summed E-state index contributed by atoms with van der Waals surface area (Å²) in [4.78, 5) is 0. The minimum absolute atomic E-state index is 0.340. The van der Waals surface area contributed by atoms with Gasteiger partial charge in [0.05, 0.1) is 0 Å². The summed E-state index contributed by atoms with van der Waals surface area (Å²) in [7, 11) is 0. The molecule has 0 saturated heterocycles. The summed E-state index contributed by atoms with van der Waals surface area (Å²) in [5.74, 6) is 0.868. The number of rotatable bonds is 2. The highest BCUT2D eigenvalue weighted by Crippen LogP contribution is 2.18. The zero-order valence-corrected chi connectivity index (χ0v) is 8.28. The van der Waals surface area contributed by atoms with Crippen molar-refractivity contribution in [3.05, 3.63) is 42.5 Å². The summed E-state index contributed by atoms with van der Waals surface area (Å²) in [6.45, 7) is 0. The molecule has 0 aliphatic heterocycles. The Balaban J connectivity index is 1.93. The van der Waals surface area contributed by atoms with Crippen LogP contribution in [0.1, 0.15) is 25.7 Å². The van der Waals surface area contributed by atoms with E-state index < -0.39 is 0 Å².